The van der Waals surface area contributed by atoms with Crippen molar-refractivity contribution in [3.05, 3.63) is 82.7 Å². The van der Waals surface area contributed by atoms with E-state index in [1.165, 1.54) is 0 Å². The van der Waals surface area contributed by atoms with Gasteiger partial charge in [-0.25, -0.2) is 4.79 Å². The SMILES string of the molecule is Cc1nnc2n1-c1ccc(-c3cnn(CCCOCCCN4CCNCC4)c3)cc1C(c1ccc(Cl)cc1)=NC21CC1.O=C(O)C(F)(F)F. The van der Waals surface area contributed by atoms with Crippen molar-refractivity contribution in [2.75, 3.05) is 45.9 Å². The molecule has 11 nitrogen and oxygen atoms in total. The molecule has 0 atom stereocenters. The number of carbonyl (C=O) groups is 1. The van der Waals surface area contributed by atoms with Crippen LogP contribution in [0.5, 0.6) is 0 Å². The zero-order chi connectivity index (χ0) is 34.6. The highest BCUT2D eigenvalue weighted by Crippen LogP contribution is 2.51. The number of nitrogens with one attached hydrogen (secondary N) is 1. The number of fused-ring (bicyclic) bond motifs is 4. The van der Waals surface area contributed by atoms with Crippen LogP contribution < -0.4 is 5.32 Å². The highest BCUT2D eigenvalue weighted by atomic mass is 35.5. The molecule has 49 heavy (non-hydrogen) atoms. The smallest absolute Gasteiger partial charge is 0.475 e. The fourth-order valence-corrected chi connectivity index (χ4v) is 6.17. The van der Waals surface area contributed by atoms with Crippen molar-refractivity contribution in [1.29, 1.82) is 0 Å². The summed E-state index contributed by atoms with van der Waals surface area (Å²) in [5, 5.41) is 24.9. The summed E-state index contributed by atoms with van der Waals surface area (Å²) in [6.07, 6.45) is 2.95. The van der Waals surface area contributed by atoms with Crippen molar-refractivity contribution in [2.45, 2.75) is 50.9 Å². The maximum Gasteiger partial charge on any atom is 0.490 e. The van der Waals surface area contributed by atoms with Crippen LogP contribution in [0.1, 0.15) is 48.5 Å². The molecule has 7 rings (SSSR count). The quantitative estimate of drug-likeness (QED) is 0.215. The number of aryl methyl sites for hydroxylation is 2. The van der Waals surface area contributed by atoms with Crippen LogP contribution in [-0.2, 0) is 21.6 Å². The van der Waals surface area contributed by atoms with Crippen molar-refractivity contribution < 1.29 is 27.8 Å². The zero-order valence-corrected chi connectivity index (χ0v) is 27.8. The summed E-state index contributed by atoms with van der Waals surface area (Å²) in [4.78, 5) is 16.8. The number of aromatic nitrogens is 5. The lowest BCUT2D eigenvalue weighted by atomic mass is 9.96. The van der Waals surface area contributed by atoms with Gasteiger partial charge in [-0.1, -0.05) is 29.8 Å². The molecule has 2 aliphatic heterocycles. The van der Waals surface area contributed by atoms with Gasteiger partial charge in [0.15, 0.2) is 5.82 Å². The Morgan fingerprint density at radius 1 is 1.00 bits per heavy atom. The lowest BCUT2D eigenvalue weighted by molar-refractivity contribution is -0.192. The maximum absolute atomic E-state index is 10.6. The molecule has 0 radical (unpaired) electrons. The van der Waals surface area contributed by atoms with E-state index in [9.17, 15) is 13.2 Å². The first-order valence-corrected chi connectivity index (χ1v) is 16.7. The lowest BCUT2D eigenvalue weighted by Gasteiger charge is -2.26. The van der Waals surface area contributed by atoms with Crippen LogP contribution in [-0.4, -0.2) is 98.3 Å². The van der Waals surface area contributed by atoms with Crippen LogP contribution in [0, 0.1) is 6.92 Å². The number of hydrogen-bond donors (Lipinski definition) is 2. The van der Waals surface area contributed by atoms with E-state index in [0.29, 0.717) is 5.02 Å². The summed E-state index contributed by atoms with van der Waals surface area (Å²) in [5.41, 5.74) is 5.98. The van der Waals surface area contributed by atoms with Crippen molar-refractivity contribution in [3.8, 4) is 16.8 Å². The van der Waals surface area contributed by atoms with E-state index in [1.54, 1.807) is 0 Å². The Labute approximate surface area is 286 Å². The molecule has 0 bridgehead atoms. The van der Waals surface area contributed by atoms with Crippen LogP contribution in [0.3, 0.4) is 0 Å². The number of carboxylic acids is 1. The summed E-state index contributed by atoms with van der Waals surface area (Å²) in [6.45, 7) is 10.00. The largest absolute Gasteiger partial charge is 0.490 e. The zero-order valence-electron chi connectivity index (χ0n) is 27.1. The summed E-state index contributed by atoms with van der Waals surface area (Å²) in [6, 6.07) is 14.5. The highest BCUT2D eigenvalue weighted by molar-refractivity contribution is 6.30. The first-order valence-electron chi connectivity index (χ1n) is 16.3. The van der Waals surface area contributed by atoms with Gasteiger partial charge in [0.05, 0.1) is 17.6 Å². The molecule has 1 saturated heterocycles. The molecule has 2 aromatic carbocycles. The molecule has 1 spiro atoms. The molecular weight excluding hydrogens is 661 g/mol. The molecule has 2 aromatic heterocycles. The van der Waals surface area contributed by atoms with Gasteiger partial charge in [0.25, 0.3) is 0 Å². The van der Waals surface area contributed by atoms with Gasteiger partial charge >= 0.3 is 12.1 Å². The van der Waals surface area contributed by atoms with Gasteiger partial charge in [0, 0.05) is 80.4 Å². The molecule has 3 aliphatic rings. The fraction of sp³-hybridized carbons (Fsp3) is 0.441. The Morgan fingerprint density at radius 3 is 2.35 bits per heavy atom. The van der Waals surface area contributed by atoms with Gasteiger partial charge in [0.2, 0.25) is 0 Å². The number of halogens is 4. The van der Waals surface area contributed by atoms with E-state index in [2.05, 4.69) is 66.6 Å². The van der Waals surface area contributed by atoms with E-state index in [0.717, 1.165) is 123 Å². The molecule has 2 N–H and O–H groups in total. The molecule has 260 valence electrons. The Hall–Kier alpha value is -4.11. The van der Waals surface area contributed by atoms with Crippen LogP contribution in [0.15, 0.2) is 59.9 Å². The number of aliphatic carboxylic acids is 1. The molecule has 1 saturated carbocycles. The number of rotatable bonds is 10. The standard InChI is InChI=1S/C32H37ClN8O.C2HF3O2/c1-23-37-38-31-32(10-11-32)36-30(24-4-7-27(33)8-5-24)28-20-25(6-9-29(28)41(23)31)26-21-35-40(22-26)15-3-19-42-18-2-14-39-16-12-34-13-17-39;3-2(4,5)1(6)7/h4-9,20-22,34H,2-3,10-19H2,1H3;(H,6,7). The Balaban J connectivity index is 0.000000540. The van der Waals surface area contributed by atoms with Gasteiger partial charge in [-0.15, -0.1) is 10.2 Å². The second-order valence-corrected chi connectivity index (χ2v) is 12.8. The average Bonchev–Trinajstić information content (AvgIpc) is 3.56. The minimum absolute atomic E-state index is 0.326. The van der Waals surface area contributed by atoms with E-state index >= 15 is 0 Å². The third-order valence-electron chi connectivity index (χ3n) is 8.76. The predicted molar refractivity (Wildman–Crippen MR) is 178 cm³/mol. The number of ether oxygens (including phenoxy) is 1. The third-order valence-corrected chi connectivity index (χ3v) is 9.01. The Bertz CT molecular complexity index is 1790. The van der Waals surface area contributed by atoms with Crippen LogP contribution in [0.25, 0.3) is 16.8 Å². The van der Waals surface area contributed by atoms with Crippen molar-refractivity contribution in [1.82, 2.24) is 34.8 Å². The number of nitrogens with zero attached hydrogens (tertiary/aromatic N) is 7. The summed E-state index contributed by atoms with van der Waals surface area (Å²) >= 11 is 6.25. The van der Waals surface area contributed by atoms with Gasteiger partial charge in [0.1, 0.15) is 11.4 Å². The van der Waals surface area contributed by atoms with Crippen LogP contribution >= 0.6 is 11.6 Å². The number of benzene rings is 2. The topological polar surface area (TPSA) is 123 Å². The highest BCUT2D eigenvalue weighted by Gasteiger charge is 2.51. The van der Waals surface area contributed by atoms with Crippen molar-refractivity contribution in [3.63, 3.8) is 0 Å². The van der Waals surface area contributed by atoms with E-state index in [1.807, 2.05) is 29.9 Å². The Morgan fingerprint density at radius 2 is 1.67 bits per heavy atom. The van der Waals surface area contributed by atoms with Gasteiger partial charge in [-0.2, -0.15) is 18.3 Å². The lowest BCUT2D eigenvalue weighted by Crippen LogP contribution is -2.43. The number of carboxylic acid groups (broad SMARTS) is 1. The first-order chi connectivity index (χ1) is 23.5. The minimum Gasteiger partial charge on any atom is -0.475 e. The van der Waals surface area contributed by atoms with E-state index in [-0.39, 0.29) is 5.54 Å². The van der Waals surface area contributed by atoms with Gasteiger partial charge < -0.3 is 20.1 Å². The predicted octanol–water partition coefficient (Wildman–Crippen LogP) is 5.27. The first kappa shape index (κ1) is 34.7. The van der Waals surface area contributed by atoms with Crippen molar-refractivity contribution >= 4 is 23.3 Å². The van der Waals surface area contributed by atoms with Gasteiger partial charge in [-0.3, -0.25) is 14.2 Å². The summed E-state index contributed by atoms with van der Waals surface area (Å²) in [7, 11) is 0. The monoisotopic (exact) mass is 698 g/mol. The molecule has 4 aromatic rings. The molecule has 4 heterocycles. The number of alkyl halides is 3. The molecule has 15 heteroatoms. The normalized spacial score (nSPS) is 16.6. The summed E-state index contributed by atoms with van der Waals surface area (Å²) < 4.78 is 41.8. The molecule has 0 unspecified atom stereocenters. The average molecular weight is 699 g/mol. The second kappa shape index (κ2) is 14.8. The van der Waals surface area contributed by atoms with Crippen LogP contribution in [0.2, 0.25) is 5.02 Å². The molecule has 2 fully saturated rings. The fourth-order valence-electron chi connectivity index (χ4n) is 6.05. The Kier molecular flexibility index (Phi) is 10.5. The van der Waals surface area contributed by atoms with Crippen LogP contribution in [0.4, 0.5) is 13.2 Å². The molecule has 0 amide bonds. The van der Waals surface area contributed by atoms with Crippen molar-refractivity contribution in [2.24, 2.45) is 4.99 Å². The van der Waals surface area contributed by atoms with Gasteiger partial charge in [-0.05, 0) is 62.4 Å². The number of hydrogen-bond acceptors (Lipinski definition) is 8. The number of aliphatic imine (C=N–C) groups is 1. The second-order valence-electron chi connectivity index (χ2n) is 12.3. The minimum atomic E-state index is -5.08. The molecular formula is C34H38ClF3N8O3. The maximum atomic E-state index is 10.6. The van der Waals surface area contributed by atoms with E-state index < -0.39 is 12.1 Å². The molecule has 1 aliphatic carbocycles. The number of piperazine rings is 1. The van der Waals surface area contributed by atoms with E-state index in [4.69, 9.17) is 31.2 Å². The summed E-state index contributed by atoms with van der Waals surface area (Å²) in [5.74, 6) is -0.957. The third kappa shape index (κ3) is 8.20.